The Bertz CT molecular complexity index is 585. The molecule has 112 valence electrons. The van der Waals surface area contributed by atoms with E-state index < -0.39 is 0 Å². The van der Waals surface area contributed by atoms with E-state index in [1.54, 1.807) is 10.7 Å². The lowest BCUT2D eigenvalue weighted by molar-refractivity contribution is -0.00492. The summed E-state index contributed by atoms with van der Waals surface area (Å²) < 4.78 is 20.0. The van der Waals surface area contributed by atoms with Crippen molar-refractivity contribution in [1.82, 2.24) is 24.9 Å². The van der Waals surface area contributed by atoms with Crippen LogP contribution in [-0.2, 0) is 17.8 Å². The zero-order chi connectivity index (χ0) is 14.7. The molecular formula is C14H18FN5O. The fourth-order valence-electron chi connectivity index (χ4n) is 2.36. The molecule has 0 unspecified atom stereocenters. The molecule has 3 rings (SSSR count). The lowest BCUT2D eigenvalue weighted by atomic mass is 10.2. The van der Waals surface area contributed by atoms with E-state index in [-0.39, 0.29) is 5.82 Å². The monoisotopic (exact) mass is 291 g/mol. The minimum absolute atomic E-state index is 0.334. The highest BCUT2D eigenvalue weighted by Crippen LogP contribution is 2.10. The predicted molar refractivity (Wildman–Crippen MR) is 74.0 cm³/mol. The summed E-state index contributed by atoms with van der Waals surface area (Å²) in [6, 6.07) is 3.44. The maximum Gasteiger partial charge on any atom is 0.141 e. The zero-order valence-corrected chi connectivity index (χ0v) is 11.9. The molecule has 0 amide bonds. The summed E-state index contributed by atoms with van der Waals surface area (Å²) >= 11 is 0. The molecule has 1 saturated heterocycles. The van der Waals surface area contributed by atoms with E-state index in [9.17, 15) is 4.39 Å². The van der Waals surface area contributed by atoms with Crippen LogP contribution in [0.3, 0.4) is 0 Å². The van der Waals surface area contributed by atoms with Gasteiger partial charge in [-0.15, -0.1) is 5.10 Å². The molecule has 0 radical (unpaired) electrons. The van der Waals surface area contributed by atoms with Crippen LogP contribution in [0.2, 0.25) is 0 Å². The third-order valence-corrected chi connectivity index (χ3v) is 3.57. The van der Waals surface area contributed by atoms with Gasteiger partial charge in [0.2, 0.25) is 0 Å². The van der Waals surface area contributed by atoms with Crippen LogP contribution in [0, 0.1) is 5.82 Å². The predicted octanol–water partition coefficient (Wildman–Crippen LogP) is 1.08. The largest absolute Gasteiger partial charge is 0.379 e. The van der Waals surface area contributed by atoms with E-state index in [1.165, 1.54) is 12.3 Å². The van der Waals surface area contributed by atoms with E-state index >= 15 is 0 Å². The molecule has 1 atom stereocenters. The Hall–Kier alpha value is -1.86. The lowest BCUT2D eigenvalue weighted by Gasteiger charge is -2.32. The van der Waals surface area contributed by atoms with Crippen molar-refractivity contribution in [3.63, 3.8) is 0 Å². The first-order valence-electron chi connectivity index (χ1n) is 7.02. The Morgan fingerprint density at radius 1 is 1.33 bits per heavy atom. The van der Waals surface area contributed by atoms with Gasteiger partial charge in [0.05, 0.1) is 43.5 Å². The number of morpholine rings is 1. The van der Waals surface area contributed by atoms with Gasteiger partial charge in [-0.05, 0) is 19.1 Å². The summed E-state index contributed by atoms with van der Waals surface area (Å²) in [4.78, 5) is 6.35. The minimum atomic E-state index is -0.334. The number of hydrogen-bond donors (Lipinski definition) is 0. The first kappa shape index (κ1) is 14.1. The third kappa shape index (κ3) is 3.62. The van der Waals surface area contributed by atoms with Gasteiger partial charge in [0.15, 0.2) is 0 Å². The molecule has 6 nitrogen and oxygen atoms in total. The van der Waals surface area contributed by atoms with E-state index in [2.05, 4.69) is 27.1 Å². The lowest BCUT2D eigenvalue weighted by Crippen LogP contribution is -2.42. The molecule has 0 saturated carbocycles. The number of halogens is 1. The summed E-state index contributed by atoms with van der Waals surface area (Å²) in [5, 5.41) is 8.29. The van der Waals surface area contributed by atoms with Crippen LogP contribution in [0.25, 0.3) is 0 Å². The van der Waals surface area contributed by atoms with Gasteiger partial charge >= 0.3 is 0 Å². The summed E-state index contributed by atoms with van der Waals surface area (Å²) in [6.07, 6.45) is 3.12. The van der Waals surface area contributed by atoms with Crippen LogP contribution < -0.4 is 0 Å². The van der Waals surface area contributed by atoms with Crippen LogP contribution in [-0.4, -0.2) is 50.7 Å². The van der Waals surface area contributed by atoms with Crippen LogP contribution in [0.5, 0.6) is 0 Å². The molecule has 2 aromatic rings. The van der Waals surface area contributed by atoms with Crippen LogP contribution >= 0.6 is 0 Å². The Balaban J connectivity index is 1.61. The SMILES string of the molecule is C[C@@H]1COCCN1Cc1cn(Cc2ccc(F)cn2)nn1. The summed E-state index contributed by atoms with van der Waals surface area (Å²) in [5.74, 6) is -0.334. The first-order chi connectivity index (χ1) is 10.2. The Morgan fingerprint density at radius 2 is 2.24 bits per heavy atom. The fourth-order valence-corrected chi connectivity index (χ4v) is 2.36. The molecule has 1 aliphatic heterocycles. The average molecular weight is 291 g/mol. The van der Waals surface area contributed by atoms with E-state index in [0.29, 0.717) is 12.6 Å². The Kier molecular flexibility index (Phi) is 4.21. The fraction of sp³-hybridized carbons (Fsp3) is 0.500. The van der Waals surface area contributed by atoms with Crippen molar-refractivity contribution in [3.8, 4) is 0 Å². The highest BCUT2D eigenvalue weighted by atomic mass is 19.1. The minimum Gasteiger partial charge on any atom is -0.379 e. The average Bonchev–Trinajstić information content (AvgIpc) is 2.91. The zero-order valence-electron chi connectivity index (χ0n) is 11.9. The maximum absolute atomic E-state index is 12.8. The number of ether oxygens (including phenoxy) is 1. The molecule has 0 aromatic carbocycles. The van der Waals surface area contributed by atoms with Gasteiger partial charge in [-0.1, -0.05) is 5.21 Å². The molecule has 3 heterocycles. The van der Waals surface area contributed by atoms with Gasteiger partial charge in [0, 0.05) is 19.1 Å². The van der Waals surface area contributed by atoms with Gasteiger partial charge in [-0.25, -0.2) is 9.07 Å². The van der Waals surface area contributed by atoms with Gasteiger partial charge in [-0.3, -0.25) is 9.88 Å². The molecule has 0 spiro atoms. The second-order valence-electron chi connectivity index (χ2n) is 5.27. The van der Waals surface area contributed by atoms with E-state index in [0.717, 1.165) is 37.7 Å². The molecule has 2 aromatic heterocycles. The topological polar surface area (TPSA) is 56.1 Å². The number of hydrogen-bond acceptors (Lipinski definition) is 5. The van der Waals surface area contributed by atoms with Gasteiger partial charge in [0.1, 0.15) is 5.82 Å². The maximum atomic E-state index is 12.8. The number of nitrogens with zero attached hydrogens (tertiary/aromatic N) is 5. The number of pyridine rings is 1. The number of rotatable bonds is 4. The molecule has 0 N–H and O–H groups in total. The van der Waals surface area contributed by atoms with Gasteiger partial charge < -0.3 is 4.74 Å². The van der Waals surface area contributed by atoms with Crippen molar-refractivity contribution < 1.29 is 9.13 Å². The summed E-state index contributed by atoms with van der Waals surface area (Å²) in [5.41, 5.74) is 1.68. The van der Waals surface area contributed by atoms with Crippen molar-refractivity contribution in [2.24, 2.45) is 0 Å². The van der Waals surface area contributed by atoms with Crippen molar-refractivity contribution in [2.75, 3.05) is 19.8 Å². The highest BCUT2D eigenvalue weighted by molar-refractivity contribution is 5.06. The van der Waals surface area contributed by atoms with Crippen molar-refractivity contribution in [1.29, 1.82) is 0 Å². The Labute approximate surface area is 122 Å². The molecular weight excluding hydrogens is 273 g/mol. The Morgan fingerprint density at radius 3 is 3.00 bits per heavy atom. The highest BCUT2D eigenvalue weighted by Gasteiger charge is 2.19. The molecule has 0 aliphatic carbocycles. The first-order valence-corrected chi connectivity index (χ1v) is 7.02. The third-order valence-electron chi connectivity index (χ3n) is 3.57. The molecule has 7 heteroatoms. The normalized spacial score (nSPS) is 19.8. The summed E-state index contributed by atoms with van der Waals surface area (Å²) in [6.45, 7) is 5.83. The van der Waals surface area contributed by atoms with E-state index in [4.69, 9.17) is 4.74 Å². The van der Waals surface area contributed by atoms with E-state index in [1.807, 2.05) is 6.20 Å². The molecule has 1 aliphatic rings. The van der Waals surface area contributed by atoms with Crippen molar-refractivity contribution in [3.05, 3.63) is 41.7 Å². The molecule has 0 bridgehead atoms. The van der Waals surface area contributed by atoms with Crippen LogP contribution in [0.15, 0.2) is 24.5 Å². The summed E-state index contributed by atoms with van der Waals surface area (Å²) in [7, 11) is 0. The molecule has 1 fully saturated rings. The smallest absolute Gasteiger partial charge is 0.141 e. The second kappa shape index (κ2) is 6.28. The van der Waals surface area contributed by atoms with Crippen LogP contribution in [0.1, 0.15) is 18.3 Å². The molecule has 21 heavy (non-hydrogen) atoms. The van der Waals surface area contributed by atoms with Crippen molar-refractivity contribution in [2.45, 2.75) is 26.1 Å². The van der Waals surface area contributed by atoms with Crippen LogP contribution in [0.4, 0.5) is 4.39 Å². The number of aromatic nitrogens is 4. The van der Waals surface area contributed by atoms with Gasteiger partial charge in [0.25, 0.3) is 0 Å². The quantitative estimate of drug-likeness (QED) is 0.844. The van der Waals surface area contributed by atoms with Gasteiger partial charge in [-0.2, -0.15) is 0 Å². The standard InChI is InChI=1S/C14H18FN5O/c1-11-10-21-5-4-19(11)7-14-9-20(18-17-14)8-13-3-2-12(15)6-16-13/h2-3,6,9,11H,4-5,7-8,10H2,1H3/t11-/m1/s1. The van der Waals surface area contributed by atoms with Crippen molar-refractivity contribution >= 4 is 0 Å². The second-order valence-corrected chi connectivity index (χ2v) is 5.27.